The molecular weight excluding hydrogens is 346 g/mol. The molecule has 0 spiro atoms. The second-order valence-corrected chi connectivity index (χ2v) is 5.27. The summed E-state index contributed by atoms with van der Waals surface area (Å²) in [6.07, 6.45) is 3.12. The summed E-state index contributed by atoms with van der Waals surface area (Å²) in [6.45, 7) is 0.175. The van der Waals surface area contributed by atoms with Crippen LogP contribution in [0.25, 0.3) is 0 Å². The number of nitrogens with one attached hydrogen (secondary N) is 5. The molecule has 0 aliphatic rings. The Morgan fingerprint density at radius 2 is 1.69 bits per heavy atom. The molecular formula is C14H21N7O5. The minimum atomic E-state index is -0.889. The average Bonchev–Trinajstić information content (AvgIpc) is 3.07. The van der Waals surface area contributed by atoms with E-state index in [0.717, 1.165) is 0 Å². The largest absolute Gasteiger partial charge is 0.368 e. The van der Waals surface area contributed by atoms with Crippen LogP contribution >= 0.6 is 0 Å². The van der Waals surface area contributed by atoms with Crippen LogP contribution < -0.4 is 27.0 Å². The first-order chi connectivity index (χ1) is 12.3. The van der Waals surface area contributed by atoms with Crippen molar-refractivity contribution < 1.29 is 24.0 Å². The van der Waals surface area contributed by atoms with E-state index in [4.69, 9.17) is 5.73 Å². The second-order valence-electron chi connectivity index (χ2n) is 5.27. The maximum Gasteiger partial charge on any atom is 0.243 e. The molecule has 1 rings (SSSR count). The number of carbonyl (C=O) groups excluding carboxylic acids is 5. The molecule has 0 aliphatic heterocycles. The predicted molar refractivity (Wildman–Crippen MR) is 88.1 cm³/mol. The second kappa shape index (κ2) is 10.4. The van der Waals surface area contributed by atoms with Crippen LogP contribution in [0.4, 0.5) is 0 Å². The summed E-state index contributed by atoms with van der Waals surface area (Å²) in [5.74, 6) is -2.89. The van der Waals surface area contributed by atoms with Gasteiger partial charge in [-0.15, -0.1) is 0 Å². The number of primary amides is 1. The van der Waals surface area contributed by atoms with Gasteiger partial charge in [0.15, 0.2) is 0 Å². The van der Waals surface area contributed by atoms with Gasteiger partial charge >= 0.3 is 0 Å². The van der Waals surface area contributed by atoms with Crippen molar-refractivity contribution in [1.29, 1.82) is 0 Å². The van der Waals surface area contributed by atoms with Crippen LogP contribution in [0.1, 0.15) is 12.6 Å². The summed E-state index contributed by atoms with van der Waals surface area (Å²) in [5, 5.41) is 9.31. The molecule has 12 heteroatoms. The lowest BCUT2D eigenvalue weighted by atomic mass is 10.1. The lowest BCUT2D eigenvalue weighted by molar-refractivity contribution is -0.130. The van der Waals surface area contributed by atoms with Crippen molar-refractivity contribution in [1.82, 2.24) is 31.2 Å². The first-order valence-corrected chi connectivity index (χ1v) is 7.61. The van der Waals surface area contributed by atoms with Gasteiger partial charge in [-0.05, 0) is 0 Å². The number of H-pyrrole nitrogens is 1. The zero-order valence-electron chi connectivity index (χ0n) is 14.1. The summed E-state index contributed by atoms with van der Waals surface area (Å²) >= 11 is 0. The Kier molecular flexibility index (Phi) is 8.27. The summed E-state index contributed by atoms with van der Waals surface area (Å²) in [6, 6.07) is -0.889. The van der Waals surface area contributed by atoms with Crippen molar-refractivity contribution in [2.45, 2.75) is 19.4 Å². The SMILES string of the molecule is CC(=O)N[C@@H](Cc1cnc[nH]1)C(=O)NCC(=O)NCC(=O)NCC(N)=O. The van der Waals surface area contributed by atoms with Gasteiger partial charge in [0.1, 0.15) is 6.04 Å². The highest BCUT2D eigenvalue weighted by Gasteiger charge is 2.21. The monoisotopic (exact) mass is 367 g/mol. The van der Waals surface area contributed by atoms with Crippen LogP contribution in [0.3, 0.4) is 0 Å². The molecule has 26 heavy (non-hydrogen) atoms. The highest BCUT2D eigenvalue weighted by molar-refractivity contribution is 5.92. The summed E-state index contributed by atoms with van der Waals surface area (Å²) in [7, 11) is 0. The van der Waals surface area contributed by atoms with Crippen LogP contribution in [0, 0.1) is 0 Å². The number of amides is 5. The molecule has 12 nitrogen and oxygen atoms in total. The molecule has 1 atom stereocenters. The molecule has 1 aromatic rings. The summed E-state index contributed by atoms with van der Waals surface area (Å²) in [4.78, 5) is 63.5. The quantitative estimate of drug-likeness (QED) is 0.247. The number of nitrogens with zero attached hydrogens (tertiary/aromatic N) is 1. The Labute approximate surface area is 148 Å². The minimum absolute atomic E-state index is 0.169. The molecule has 0 bridgehead atoms. The maximum absolute atomic E-state index is 12.2. The van der Waals surface area contributed by atoms with Gasteiger partial charge in [0, 0.05) is 25.2 Å². The third-order valence-corrected chi connectivity index (χ3v) is 3.00. The van der Waals surface area contributed by atoms with E-state index in [9.17, 15) is 24.0 Å². The number of hydrogen-bond donors (Lipinski definition) is 6. The van der Waals surface area contributed by atoms with Gasteiger partial charge in [-0.1, -0.05) is 0 Å². The third-order valence-electron chi connectivity index (χ3n) is 3.00. The highest BCUT2D eigenvalue weighted by Crippen LogP contribution is 1.99. The van der Waals surface area contributed by atoms with Crippen LogP contribution in [0.2, 0.25) is 0 Å². The molecule has 0 unspecified atom stereocenters. The average molecular weight is 367 g/mol. The van der Waals surface area contributed by atoms with Gasteiger partial charge in [0.05, 0.1) is 26.0 Å². The van der Waals surface area contributed by atoms with Crippen molar-refractivity contribution >= 4 is 29.5 Å². The molecule has 0 aromatic carbocycles. The minimum Gasteiger partial charge on any atom is -0.368 e. The Morgan fingerprint density at radius 1 is 1.08 bits per heavy atom. The molecule has 0 saturated carbocycles. The van der Waals surface area contributed by atoms with Crippen molar-refractivity contribution in [3.8, 4) is 0 Å². The standard InChI is InChI=1S/C14H21N7O5/c1-8(22)21-10(2-9-3-16-7-20-9)14(26)19-6-13(25)18-5-12(24)17-4-11(15)23/h3,7,10H,2,4-6H2,1H3,(H2,15,23)(H,16,20)(H,17,24)(H,18,25)(H,19,26)(H,21,22)/t10-/m0/s1. The number of carbonyl (C=O) groups is 5. The van der Waals surface area contributed by atoms with E-state index in [0.29, 0.717) is 5.69 Å². The first kappa shape index (κ1) is 20.6. The smallest absolute Gasteiger partial charge is 0.243 e. The maximum atomic E-state index is 12.2. The number of aromatic nitrogens is 2. The first-order valence-electron chi connectivity index (χ1n) is 7.61. The van der Waals surface area contributed by atoms with Gasteiger partial charge in [-0.3, -0.25) is 24.0 Å². The number of rotatable bonds is 10. The van der Waals surface area contributed by atoms with E-state index >= 15 is 0 Å². The third kappa shape index (κ3) is 8.42. The van der Waals surface area contributed by atoms with E-state index in [-0.39, 0.29) is 26.1 Å². The number of nitrogens with two attached hydrogens (primary N) is 1. The van der Waals surface area contributed by atoms with Crippen LogP contribution in [0.5, 0.6) is 0 Å². The van der Waals surface area contributed by atoms with Crippen molar-refractivity contribution in [3.63, 3.8) is 0 Å². The summed E-state index contributed by atoms with van der Waals surface area (Å²) in [5.41, 5.74) is 5.50. The number of hydrogen-bond acceptors (Lipinski definition) is 6. The fourth-order valence-electron chi connectivity index (χ4n) is 1.85. The van der Waals surface area contributed by atoms with Crippen LogP contribution in [0.15, 0.2) is 12.5 Å². The molecule has 0 fully saturated rings. The molecule has 0 saturated heterocycles. The fourth-order valence-corrected chi connectivity index (χ4v) is 1.85. The summed E-state index contributed by atoms with van der Waals surface area (Å²) < 4.78 is 0. The Hall–Kier alpha value is -3.44. The van der Waals surface area contributed by atoms with Gasteiger partial charge < -0.3 is 32.0 Å². The van der Waals surface area contributed by atoms with E-state index in [2.05, 4.69) is 31.2 Å². The van der Waals surface area contributed by atoms with Crippen LogP contribution in [-0.4, -0.2) is 65.2 Å². The Balaban J connectivity index is 2.40. The number of aromatic amines is 1. The molecule has 7 N–H and O–H groups in total. The van der Waals surface area contributed by atoms with Gasteiger partial charge in [0.25, 0.3) is 0 Å². The van der Waals surface area contributed by atoms with Gasteiger partial charge in [-0.25, -0.2) is 4.98 Å². The fraction of sp³-hybridized carbons (Fsp3) is 0.429. The molecule has 142 valence electrons. The lowest BCUT2D eigenvalue weighted by Gasteiger charge is -2.16. The Morgan fingerprint density at radius 3 is 2.23 bits per heavy atom. The predicted octanol–water partition coefficient (Wildman–Crippen LogP) is -3.71. The molecule has 5 amide bonds. The van der Waals surface area contributed by atoms with E-state index < -0.39 is 35.6 Å². The Bertz CT molecular complexity index is 659. The molecule has 1 aromatic heterocycles. The normalized spacial score (nSPS) is 11.1. The van der Waals surface area contributed by atoms with E-state index in [1.54, 1.807) is 0 Å². The van der Waals surface area contributed by atoms with Crippen molar-refractivity contribution in [2.24, 2.45) is 5.73 Å². The van der Waals surface area contributed by atoms with Crippen LogP contribution in [-0.2, 0) is 30.4 Å². The molecule has 1 heterocycles. The number of imidazole rings is 1. The van der Waals surface area contributed by atoms with Crippen molar-refractivity contribution in [2.75, 3.05) is 19.6 Å². The zero-order chi connectivity index (χ0) is 19.5. The molecule has 0 radical (unpaired) electrons. The van der Waals surface area contributed by atoms with Gasteiger partial charge in [0.2, 0.25) is 29.5 Å². The lowest BCUT2D eigenvalue weighted by Crippen LogP contribution is -2.50. The van der Waals surface area contributed by atoms with E-state index in [1.165, 1.54) is 19.4 Å². The highest BCUT2D eigenvalue weighted by atomic mass is 16.2. The van der Waals surface area contributed by atoms with Crippen molar-refractivity contribution in [3.05, 3.63) is 18.2 Å². The molecule has 0 aliphatic carbocycles. The zero-order valence-corrected chi connectivity index (χ0v) is 14.1. The topological polar surface area (TPSA) is 188 Å². The van der Waals surface area contributed by atoms with E-state index in [1.807, 2.05) is 0 Å². The van der Waals surface area contributed by atoms with Gasteiger partial charge in [-0.2, -0.15) is 0 Å².